The van der Waals surface area contributed by atoms with Gasteiger partial charge in [0.05, 0.1) is 0 Å². The van der Waals surface area contributed by atoms with Gasteiger partial charge in [-0.15, -0.1) is 19.8 Å². The van der Waals surface area contributed by atoms with Gasteiger partial charge in [-0.2, -0.15) is 0 Å². The van der Waals surface area contributed by atoms with Crippen molar-refractivity contribution in [3.05, 3.63) is 0 Å². The van der Waals surface area contributed by atoms with Gasteiger partial charge in [-0.25, -0.2) is 0 Å². The molecular weight excluding hydrogens is 209 g/mol. The Morgan fingerprint density at radius 2 is 0.700 bits per heavy atom. The molecule has 0 atom stereocenters. The first-order valence-electron chi connectivity index (χ1n) is 2.99. The van der Waals surface area contributed by atoms with Crippen LogP contribution in [0, 0.1) is 0 Å². The van der Waals surface area contributed by atoms with E-state index in [1.165, 1.54) is 0 Å². The van der Waals surface area contributed by atoms with Crippen molar-refractivity contribution in [1.29, 1.82) is 0 Å². The van der Waals surface area contributed by atoms with E-state index in [1.807, 2.05) is 0 Å². The van der Waals surface area contributed by atoms with Crippen molar-refractivity contribution >= 4 is 0 Å². The Morgan fingerprint density at radius 1 is 0.700 bits per heavy atom. The minimum atomic E-state index is 0. The third-order valence-electron chi connectivity index (χ3n) is 0. The van der Waals surface area contributed by atoms with Gasteiger partial charge in [-0.3, -0.25) is 0 Å². The van der Waals surface area contributed by atoms with E-state index in [4.69, 9.17) is 15.3 Å². The molecule has 0 radical (unpaired) electrons. The summed E-state index contributed by atoms with van der Waals surface area (Å²) in [6, 6.07) is 0. The van der Waals surface area contributed by atoms with E-state index in [9.17, 15) is 0 Å². The summed E-state index contributed by atoms with van der Waals surface area (Å²) in [5.41, 5.74) is 0. The van der Waals surface area contributed by atoms with E-state index in [-0.39, 0.29) is 52.5 Å². The molecule has 0 amide bonds. The fourth-order valence-electron chi connectivity index (χ4n) is 0. The maximum atomic E-state index is 8.93. The quantitative estimate of drug-likeness (QED) is 0.482. The van der Waals surface area contributed by atoms with Gasteiger partial charge in [0.1, 0.15) is 0 Å². The van der Waals surface area contributed by atoms with Gasteiger partial charge in [0.25, 0.3) is 0 Å². The van der Waals surface area contributed by atoms with Crippen molar-refractivity contribution in [1.82, 2.24) is 0 Å². The van der Waals surface area contributed by atoms with E-state index in [1.54, 1.807) is 20.8 Å². The first-order chi connectivity index (χ1) is 4.24. The van der Waals surface area contributed by atoms with E-state index < -0.39 is 0 Å². The maximum Gasteiger partial charge on any atom is 3.00 e. The third kappa shape index (κ3) is 592. The average Bonchev–Trinajstić information content (AvgIpc) is 1.70. The average molecular weight is 224 g/mol. The molecule has 0 heterocycles. The van der Waals surface area contributed by atoms with Crippen LogP contribution in [0.2, 0.25) is 0 Å². The topological polar surface area (TPSA) is 69.2 Å². The molecule has 0 unspecified atom stereocenters. The molecule has 10 heavy (non-hydrogen) atoms. The summed E-state index contributed by atoms with van der Waals surface area (Å²) in [7, 11) is 0. The molecule has 0 aromatic carbocycles. The summed E-state index contributed by atoms with van der Waals surface area (Å²) in [5.74, 6) is 0. The van der Waals surface area contributed by atoms with Crippen molar-refractivity contribution in [2.45, 2.75) is 20.8 Å². The van der Waals surface area contributed by atoms with Gasteiger partial charge >= 0.3 is 32.7 Å². The predicted molar refractivity (Wildman–Crippen MR) is 31.6 cm³/mol. The van der Waals surface area contributed by atoms with Crippen LogP contribution in [-0.2, 0) is 32.7 Å². The van der Waals surface area contributed by atoms with Crippen molar-refractivity contribution in [3.8, 4) is 0 Å². The summed E-state index contributed by atoms with van der Waals surface area (Å²) >= 11 is 0. The first-order valence-corrected chi connectivity index (χ1v) is 2.99. The molecule has 0 aromatic heterocycles. The fourth-order valence-corrected chi connectivity index (χ4v) is 0. The van der Waals surface area contributed by atoms with Crippen molar-refractivity contribution in [2.24, 2.45) is 0 Å². The minimum absolute atomic E-state index is 0. The monoisotopic (exact) mass is 224 g/mol. The molecule has 0 fully saturated rings. The van der Waals surface area contributed by atoms with Gasteiger partial charge < -0.3 is 15.3 Å². The van der Waals surface area contributed by atoms with Crippen molar-refractivity contribution < 1.29 is 48.0 Å². The zero-order valence-corrected chi connectivity index (χ0v) is 9.76. The maximum absolute atomic E-state index is 8.93. The Kier molecular flexibility index (Phi) is 114. The molecule has 0 aliphatic heterocycles. The van der Waals surface area contributed by atoms with Crippen LogP contribution in [0.4, 0.5) is 0 Å². The molecule has 0 bridgehead atoms. The van der Waals surface area contributed by atoms with Gasteiger partial charge in [-0.1, -0.05) is 20.8 Å². The van der Waals surface area contributed by atoms with Crippen LogP contribution in [0.15, 0.2) is 0 Å². The summed E-state index contributed by atoms with van der Waals surface area (Å²) < 4.78 is 0. The van der Waals surface area contributed by atoms with Crippen LogP contribution >= 0.6 is 0 Å². The van der Waals surface area contributed by atoms with E-state index >= 15 is 0 Å². The zero-order chi connectivity index (χ0) is 8.12. The molecule has 0 aliphatic rings. The Hall–Kier alpha value is 0.984. The Bertz CT molecular complexity index is 17.7. The van der Waals surface area contributed by atoms with E-state index in [0.29, 0.717) is 0 Å². The van der Waals surface area contributed by atoms with Gasteiger partial charge in [0.15, 0.2) is 0 Å². The summed E-state index contributed by atoms with van der Waals surface area (Å²) in [6.07, 6.45) is 0. The van der Waals surface area contributed by atoms with Crippen molar-refractivity contribution in [2.75, 3.05) is 19.8 Å². The van der Waals surface area contributed by atoms with E-state index in [2.05, 4.69) is 0 Å². The summed E-state index contributed by atoms with van der Waals surface area (Å²) in [6.45, 7) is 4.71. The molecule has 0 aliphatic carbocycles. The molecule has 0 spiro atoms. The molecule has 60 valence electrons. The molecule has 0 saturated carbocycles. The molecule has 0 N–H and O–H groups in total. The number of hydrogen-bond donors (Lipinski definition) is 0. The second-order valence-corrected chi connectivity index (χ2v) is 0.866. The smallest absolute Gasteiger partial charge is 0.855 e. The van der Waals surface area contributed by atoms with Crippen LogP contribution in [0.3, 0.4) is 0 Å². The molecule has 0 rings (SSSR count). The molecular formula is C6H15O3Y. The SMILES string of the molecule is CC[O-].CC[O-].CC[O-].[Y+3]. The summed E-state index contributed by atoms with van der Waals surface area (Å²) in [5, 5.41) is 26.8. The van der Waals surface area contributed by atoms with Gasteiger partial charge in [-0.05, 0) is 0 Å². The Labute approximate surface area is 88.3 Å². The van der Waals surface area contributed by atoms with Gasteiger partial charge in [0.2, 0.25) is 0 Å². The second kappa shape index (κ2) is 50.8. The zero-order valence-electron chi connectivity index (χ0n) is 6.92. The van der Waals surface area contributed by atoms with E-state index in [0.717, 1.165) is 0 Å². The number of hydrogen-bond acceptors (Lipinski definition) is 3. The summed E-state index contributed by atoms with van der Waals surface area (Å²) in [4.78, 5) is 0. The largest absolute Gasteiger partial charge is 3.00 e. The van der Waals surface area contributed by atoms with Crippen LogP contribution in [0.1, 0.15) is 20.8 Å². The third-order valence-corrected chi connectivity index (χ3v) is 0. The standard InChI is InChI=1S/3C2H5O.Y/c3*1-2-3;/h3*2H2,1H3;/q3*-1;+3. The molecule has 0 aromatic rings. The Balaban J connectivity index is -0.0000000257. The Morgan fingerprint density at radius 3 is 0.700 bits per heavy atom. The van der Waals surface area contributed by atoms with Crippen molar-refractivity contribution in [3.63, 3.8) is 0 Å². The second-order valence-electron chi connectivity index (χ2n) is 0.866. The molecule has 3 nitrogen and oxygen atoms in total. The number of rotatable bonds is 0. The molecule has 4 heteroatoms. The minimum Gasteiger partial charge on any atom is -0.855 e. The van der Waals surface area contributed by atoms with Gasteiger partial charge in [0, 0.05) is 0 Å². The van der Waals surface area contributed by atoms with Crippen LogP contribution < -0.4 is 15.3 Å². The van der Waals surface area contributed by atoms with Crippen LogP contribution in [0.5, 0.6) is 0 Å². The fraction of sp³-hybridized carbons (Fsp3) is 1.00. The predicted octanol–water partition coefficient (Wildman–Crippen LogP) is -1.90. The normalized spacial score (nSPS) is 5.40. The first kappa shape index (κ1) is 22.4. The van der Waals surface area contributed by atoms with Crippen LogP contribution in [0.25, 0.3) is 0 Å². The van der Waals surface area contributed by atoms with Crippen LogP contribution in [-0.4, -0.2) is 19.8 Å². The molecule has 0 saturated heterocycles.